The van der Waals surface area contributed by atoms with E-state index >= 15 is 0 Å². The number of rotatable bonds is 2. The van der Waals surface area contributed by atoms with Crippen LogP contribution in [0.3, 0.4) is 0 Å². The first-order valence-electron chi connectivity index (χ1n) is 1.76. The van der Waals surface area contributed by atoms with Gasteiger partial charge in [0.15, 0.2) is 0 Å². The van der Waals surface area contributed by atoms with Gasteiger partial charge in [-0.3, -0.25) is 0 Å². The van der Waals surface area contributed by atoms with E-state index in [0.717, 1.165) is 4.43 Å². The standard InChI is InChI=1S/C3H5IO2.Tl/c4-2-1-3(5)6;/h1-2H2,(H,5,6);/q;+1/p-1. The van der Waals surface area contributed by atoms with E-state index in [1.165, 1.54) is 0 Å². The first kappa shape index (κ1) is 8.12. The molecule has 0 amide bonds. The minimum atomic E-state index is -0.0561. The van der Waals surface area contributed by atoms with E-state index in [1.54, 1.807) is 0 Å². The molecule has 0 saturated carbocycles. The van der Waals surface area contributed by atoms with Gasteiger partial charge in [-0.2, -0.15) is 0 Å². The number of hydrogen-bond donors (Lipinski definition) is 0. The Balaban J connectivity index is 3.00. The van der Waals surface area contributed by atoms with Crippen LogP contribution in [0, 0.1) is 0 Å². The normalized spacial score (nSPS) is 8.00. The number of carbonyl (C=O) groups is 1. The van der Waals surface area contributed by atoms with E-state index in [9.17, 15) is 4.79 Å². The third-order valence-corrected chi connectivity index (χ3v) is 1.99. The van der Waals surface area contributed by atoms with Crippen LogP contribution >= 0.6 is 22.6 Å². The molecular formula is C3H4IO2Tl. The fourth-order valence-corrected chi connectivity index (χ4v) is 1.03. The molecule has 2 nitrogen and oxygen atoms in total. The van der Waals surface area contributed by atoms with Crippen LogP contribution in [-0.4, -0.2) is 36.6 Å². The average Bonchev–Trinajstić information content (AvgIpc) is 1.68. The monoisotopic (exact) mass is 404 g/mol. The third-order valence-electron chi connectivity index (χ3n) is 0.430. The van der Waals surface area contributed by atoms with Crippen molar-refractivity contribution in [3.05, 3.63) is 0 Å². The zero-order valence-corrected chi connectivity index (χ0v) is 10.3. The zero-order chi connectivity index (χ0) is 5.70. The molecule has 0 heterocycles. The van der Waals surface area contributed by atoms with Crippen molar-refractivity contribution in [1.29, 1.82) is 0 Å². The van der Waals surface area contributed by atoms with Gasteiger partial charge in [0.1, 0.15) is 0 Å². The molecule has 4 heteroatoms. The Kier molecular flexibility index (Phi) is 6.11. The van der Waals surface area contributed by atoms with Crippen molar-refractivity contribution >= 4 is 54.8 Å². The van der Waals surface area contributed by atoms with Crippen LogP contribution in [0.15, 0.2) is 0 Å². The summed E-state index contributed by atoms with van der Waals surface area (Å²) in [5.74, 6) is -0.0561. The summed E-state index contributed by atoms with van der Waals surface area (Å²) in [7, 11) is 0. The Morgan fingerprint density at radius 3 is 2.57 bits per heavy atom. The summed E-state index contributed by atoms with van der Waals surface area (Å²) < 4.78 is 5.38. The predicted molar refractivity (Wildman–Crippen MR) is 35.4 cm³/mol. The van der Waals surface area contributed by atoms with E-state index < -0.39 is 0 Å². The molecule has 0 bridgehead atoms. The molecule has 38 valence electrons. The fourth-order valence-electron chi connectivity index (χ4n) is 0.136. The number of halogens is 1. The van der Waals surface area contributed by atoms with Crippen LogP contribution in [0.1, 0.15) is 6.42 Å². The Bertz CT molecular complexity index is 66.0. The van der Waals surface area contributed by atoms with E-state index in [0.29, 0.717) is 32.6 Å². The van der Waals surface area contributed by atoms with Gasteiger partial charge >= 0.3 is 73.1 Å². The van der Waals surface area contributed by atoms with E-state index in [-0.39, 0.29) is 5.97 Å². The molecule has 7 heavy (non-hydrogen) atoms. The van der Waals surface area contributed by atoms with Crippen LogP contribution in [0.25, 0.3) is 0 Å². The first-order valence-corrected chi connectivity index (χ1v) is 5.12. The maximum atomic E-state index is 10.2. The Hall–Kier alpha value is 1.12. The van der Waals surface area contributed by atoms with Gasteiger partial charge in [0, 0.05) is 0 Å². The van der Waals surface area contributed by atoms with Gasteiger partial charge in [-0.05, 0) is 0 Å². The van der Waals surface area contributed by atoms with Crippen molar-refractivity contribution in [2.24, 2.45) is 0 Å². The fraction of sp³-hybridized carbons (Fsp3) is 0.667. The Morgan fingerprint density at radius 2 is 2.43 bits per heavy atom. The summed E-state index contributed by atoms with van der Waals surface area (Å²) >= 11 is 2.51. The second-order valence-electron chi connectivity index (χ2n) is 0.929. The van der Waals surface area contributed by atoms with Gasteiger partial charge in [0.2, 0.25) is 0 Å². The summed E-state index contributed by atoms with van der Waals surface area (Å²) in [6, 6.07) is 0. The Labute approximate surface area is 72.5 Å². The van der Waals surface area contributed by atoms with Crippen molar-refractivity contribution in [2.45, 2.75) is 6.42 Å². The van der Waals surface area contributed by atoms with Gasteiger partial charge in [-0.1, -0.05) is 0 Å². The van der Waals surface area contributed by atoms with Gasteiger partial charge in [0.05, 0.1) is 0 Å². The molecular weight excluding hydrogens is 399 g/mol. The van der Waals surface area contributed by atoms with Crippen LogP contribution < -0.4 is 0 Å². The van der Waals surface area contributed by atoms with Crippen LogP contribution in [0.5, 0.6) is 0 Å². The molecule has 0 aliphatic carbocycles. The Morgan fingerprint density at radius 1 is 1.86 bits per heavy atom. The maximum absolute atomic E-state index is 10.2. The van der Waals surface area contributed by atoms with E-state index in [1.807, 2.05) is 0 Å². The van der Waals surface area contributed by atoms with Crippen molar-refractivity contribution in [3.63, 3.8) is 0 Å². The van der Waals surface area contributed by atoms with Crippen molar-refractivity contribution in [2.75, 3.05) is 4.43 Å². The second-order valence-corrected chi connectivity index (χ2v) is 2.92. The summed E-state index contributed by atoms with van der Waals surface area (Å²) in [6.07, 6.45) is 0.567. The summed E-state index contributed by atoms with van der Waals surface area (Å²) in [5, 5.41) is 0. The van der Waals surface area contributed by atoms with Gasteiger partial charge in [-0.25, -0.2) is 0 Å². The molecule has 0 radical (unpaired) electrons. The van der Waals surface area contributed by atoms with Gasteiger partial charge < -0.3 is 0 Å². The summed E-state index contributed by atoms with van der Waals surface area (Å²) in [4.78, 5) is 10.2. The van der Waals surface area contributed by atoms with Crippen LogP contribution in [0.4, 0.5) is 0 Å². The first-order chi connectivity index (χ1) is 3.31. The van der Waals surface area contributed by atoms with Gasteiger partial charge in [0.25, 0.3) is 0 Å². The molecule has 0 fully saturated rings. The molecule has 0 unspecified atom stereocenters. The molecule has 0 aromatic heterocycles. The molecule has 0 aliphatic rings. The minimum absolute atomic E-state index is 0.0561. The topological polar surface area (TPSA) is 26.3 Å². The molecule has 0 aliphatic heterocycles. The predicted octanol–water partition coefficient (Wildman–Crippen LogP) is 0.438. The van der Waals surface area contributed by atoms with Crippen molar-refractivity contribution in [1.82, 2.24) is 0 Å². The van der Waals surface area contributed by atoms with E-state index in [2.05, 4.69) is 25.3 Å². The molecule has 0 aromatic carbocycles. The number of carbonyl (C=O) groups excluding carboxylic acids is 1. The van der Waals surface area contributed by atoms with E-state index in [4.69, 9.17) is 0 Å². The SMILES string of the molecule is O=C(CCI)[O][Tl]. The summed E-state index contributed by atoms with van der Waals surface area (Å²) in [5.41, 5.74) is 0. The van der Waals surface area contributed by atoms with Crippen molar-refractivity contribution < 1.29 is 7.48 Å². The molecule has 0 saturated heterocycles. The van der Waals surface area contributed by atoms with Crippen LogP contribution in [-0.2, 0) is 7.48 Å². The quantitative estimate of drug-likeness (QED) is 0.380. The van der Waals surface area contributed by atoms with Crippen molar-refractivity contribution in [3.8, 4) is 0 Å². The molecule has 0 N–H and O–H groups in total. The van der Waals surface area contributed by atoms with Crippen LogP contribution in [0.2, 0.25) is 0 Å². The third kappa shape index (κ3) is 4.99. The molecule has 0 spiro atoms. The van der Waals surface area contributed by atoms with Gasteiger partial charge in [-0.15, -0.1) is 0 Å². The zero-order valence-electron chi connectivity index (χ0n) is 3.69. The second kappa shape index (κ2) is 5.26. The number of hydrogen-bond acceptors (Lipinski definition) is 2. The number of alkyl halides is 1. The molecule has 0 rings (SSSR count). The average molecular weight is 403 g/mol. The molecule has 0 aromatic rings. The summed E-state index contributed by atoms with van der Waals surface area (Å²) in [6.45, 7) is 0. The molecule has 0 atom stereocenters.